The van der Waals surface area contributed by atoms with E-state index in [2.05, 4.69) is 5.32 Å². The molecule has 7 heteroatoms. The van der Waals surface area contributed by atoms with Crippen LogP contribution in [0.3, 0.4) is 0 Å². The second-order valence-corrected chi connectivity index (χ2v) is 5.88. The van der Waals surface area contributed by atoms with Crippen molar-refractivity contribution >= 4 is 15.9 Å². The van der Waals surface area contributed by atoms with Crippen LogP contribution in [-0.2, 0) is 14.8 Å². The molecular formula is C11H14N2O4S. The van der Waals surface area contributed by atoms with Gasteiger partial charge in [0.25, 0.3) is 0 Å². The largest absolute Gasteiger partial charge is 0.507 e. The molecule has 0 aliphatic carbocycles. The van der Waals surface area contributed by atoms with Crippen molar-refractivity contribution in [2.45, 2.75) is 11.3 Å². The zero-order valence-electron chi connectivity index (χ0n) is 9.67. The minimum atomic E-state index is -3.75. The molecule has 0 saturated carbocycles. The van der Waals surface area contributed by atoms with Crippen molar-refractivity contribution in [3.05, 3.63) is 24.3 Å². The topological polar surface area (TPSA) is 86.7 Å². The fourth-order valence-electron chi connectivity index (χ4n) is 1.80. The molecule has 0 spiro atoms. The standard InChI is InChI=1S/C11H14N2O4S/c14-9-3-1-2-4-10(9)18(16,17)13-7-5-11(15)12-6-8-13/h1-4,14H,5-8H2,(H,12,15). The number of carbonyl (C=O) groups excluding carboxylic acids is 1. The Morgan fingerprint density at radius 2 is 1.94 bits per heavy atom. The minimum Gasteiger partial charge on any atom is -0.507 e. The van der Waals surface area contributed by atoms with E-state index in [0.29, 0.717) is 0 Å². The molecule has 0 unspecified atom stereocenters. The van der Waals surface area contributed by atoms with Crippen LogP contribution in [0.1, 0.15) is 6.42 Å². The van der Waals surface area contributed by atoms with Crippen molar-refractivity contribution in [2.24, 2.45) is 0 Å². The van der Waals surface area contributed by atoms with Crippen LogP contribution in [0.4, 0.5) is 0 Å². The van der Waals surface area contributed by atoms with Gasteiger partial charge >= 0.3 is 0 Å². The van der Waals surface area contributed by atoms with E-state index in [1.165, 1.54) is 16.4 Å². The molecular weight excluding hydrogens is 256 g/mol. The Labute approximate surface area is 105 Å². The molecule has 0 atom stereocenters. The fourth-order valence-corrected chi connectivity index (χ4v) is 3.33. The van der Waals surface area contributed by atoms with Gasteiger partial charge in [-0.25, -0.2) is 8.42 Å². The van der Waals surface area contributed by atoms with Crippen LogP contribution in [0.2, 0.25) is 0 Å². The van der Waals surface area contributed by atoms with Gasteiger partial charge in [0.15, 0.2) is 0 Å². The van der Waals surface area contributed by atoms with Crippen molar-refractivity contribution < 1.29 is 18.3 Å². The Hall–Kier alpha value is -1.60. The summed E-state index contributed by atoms with van der Waals surface area (Å²) in [6.45, 7) is 0.622. The zero-order valence-corrected chi connectivity index (χ0v) is 10.5. The molecule has 18 heavy (non-hydrogen) atoms. The van der Waals surface area contributed by atoms with Crippen molar-refractivity contribution in [3.63, 3.8) is 0 Å². The number of aromatic hydroxyl groups is 1. The lowest BCUT2D eigenvalue weighted by atomic mass is 10.3. The number of sulfonamides is 1. The van der Waals surface area contributed by atoms with Gasteiger partial charge < -0.3 is 10.4 Å². The molecule has 1 heterocycles. The second kappa shape index (κ2) is 4.95. The molecule has 1 aromatic rings. The Balaban J connectivity index is 2.31. The number of hydrogen-bond acceptors (Lipinski definition) is 4. The Morgan fingerprint density at radius 3 is 2.67 bits per heavy atom. The molecule has 2 rings (SSSR count). The molecule has 1 fully saturated rings. The third-order valence-electron chi connectivity index (χ3n) is 2.75. The molecule has 98 valence electrons. The van der Waals surface area contributed by atoms with Crippen LogP contribution in [0.25, 0.3) is 0 Å². The number of benzene rings is 1. The van der Waals surface area contributed by atoms with Crippen molar-refractivity contribution in [1.82, 2.24) is 9.62 Å². The Kier molecular flexibility index (Phi) is 3.53. The van der Waals surface area contributed by atoms with Crippen LogP contribution >= 0.6 is 0 Å². The second-order valence-electron chi connectivity index (χ2n) is 3.97. The van der Waals surface area contributed by atoms with Gasteiger partial charge in [-0.05, 0) is 12.1 Å². The molecule has 2 N–H and O–H groups in total. The molecule has 1 aromatic carbocycles. The molecule has 6 nitrogen and oxygen atoms in total. The molecule has 1 saturated heterocycles. The first-order valence-electron chi connectivity index (χ1n) is 5.56. The summed E-state index contributed by atoms with van der Waals surface area (Å²) in [5, 5.41) is 12.2. The highest BCUT2D eigenvalue weighted by Gasteiger charge is 2.28. The van der Waals surface area contributed by atoms with E-state index in [1.54, 1.807) is 12.1 Å². The molecule has 0 bridgehead atoms. The average Bonchev–Trinajstić information content (AvgIpc) is 2.54. The smallest absolute Gasteiger partial charge is 0.246 e. The quantitative estimate of drug-likeness (QED) is 0.786. The first-order valence-corrected chi connectivity index (χ1v) is 7.00. The molecule has 1 aliphatic rings. The number of para-hydroxylation sites is 1. The van der Waals surface area contributed by atoms with Gasteiger partial charge in [0, 0.05) is 26.1 Å². The van der Waals surface area contributed by atoms with Gasteiger partial charge in [0.2, 0.25) is 15.9 Å². The first-order chi connectivity index (χ1) is 8.51. The van der Waals surface area contributed by atoms with E-state index >= 15 is 0 Å². The molecule has 0 aromatic heterocycles. The number of nitrogens with one attached hydrogen (secondary N) is 1. The minimum absolute atomic E-state index is 0.126. The van der Waals surface area contributed by atoms with Crippen molar-refractivity contribution in [3.8, 4) is 5.75 Å². The lowest BCUT2D eigenvalue weighted by molar-refractivity contribution is -0.120. The number of nitrogens with zero attached hydrogens (tertiary/aromatic N) is 1. The maximum Gasteiger partial charge on any atom is 0.246 e. The summed E-state index contributed by atoms with van der Waals surface area (Å²) in [6, 6.07) is 5.79. The zero-order chi connectivity index (χ0) is 13.2. The lowest BCUT2D eigenvalue weighted by Crippen LogP contribution is -2.34. The number of rotatable bonds is 2. The third kappa shape index (κ3) is 2.46. The monoisotopic (exact) mass is 270 g/mol. The van der Waals surface area contributed by atoms with E-state index in [-0.39, 0.29) is 42.6 Å². The lowest BCUT2D eigenvalue weighted by Gasteiger charge is -2.19. The Bertz CT molecular complexity index is 556. The summed E-state index contributed by atoms with van der Waals surface area (Å²) in [5.41, 5.74) is 0. The first kappa shape index (κ1) is 12.8. The molecule has 0 radical (unpaired) electrons. The van der Waals surface area contributed by atoms with Gasteiger partial charge in [0.05, 0.1) is 0 Å². The van der Waals surface area contributed by atoms with Crippen LogP contribution in [0.5, 0.6) is 5.75 Å². The summed E-state index contributed by atoms with van der Waals surface area (Å²) in [5.74, 6) is -0.439. The third-order valence-corrected chi connectivity index (χ3v) is 4.70. The summed E-state index contributed by atoms with van der Waals surface area (Å²) in [7, 11) is -3.75. The van der Waals surface area contributed by atoms with Gasteiger partial charge in [-0.2, -0.15) is 4.31 Å². The fraction of sp³-hybridized carbons (Fsp3) is 0.364. The van der Waals surface area contributed by atoms with Gasteiger partial charge in [0.1, 0.15) is 10.6 Å². The number of phenols is 1. The number of amides is 1. The van der Waals surface area contributed by atoms with Crippen molar-refractivity contribution in [2.75, 3.05) is 19.6 Å². The van der Waals surface area contributed by atoms with E-state index in [9.17, 15) is 18.3 Å². The van der Waals surface area contributed by atoms with E-state index < -0.39 is 10.0 Å². The normalized spacial score (nSPS) is 18.1. The average molecular weight is 270 g/mol. The maximum atomic E-state index is 12.3. The van der Waals surface area contributed by atoms with Gasteiger partial charge in [-0.15, -0.1) is 0 Å². The Morgan fingerprint density at radius 1 is 1.22 bits per heavy atom. The maximum absolute atomic E-state index is 12.3. The van der Waals surface area contributed by atoms with E-state index in [1.807, 2.05) is 0 Å². The van der Waals surface area contributed by atoms with Gasteiger partial charge in [-0.3, -0.25) is 4.79 Å². The predicted molar refractivity (Wildman–Crippen MR) is 64.5 cm³/mol. The number of hydrogen-bond donors (Lipinski definition) is 2. The van der Waals surface area contributed by atoms with E-state index in [0.717, 1.165) is 0 Å². The van der Waals surface area contributed by atoms with Crippen LogP contribution in [0.15, 0.2) is 29.2 Å². The van der Waals surface area contributed by atoms with Gasteiger partial charge in [-0.1, -0.05) is 12.1 Å². The van der Waals surface area contributed by atoms with E-state index in [4.69, 9.17) is 0 Å². The van der Waals surface area contributed by atoms with Crippen LogP contribution in [0, 0.1) is 0 Å². The SMILES string of the molecule is O=C1CCN(S(=O)(=O)c2ccccc2O)CCN1. The highest BCUT2D eigenvalue weighted by Crippen LogP contribution is 2.25. The number of phenolic OH excluding ortho intramolecular Hbond substituents is 1. The van der Waals surface area contributed by atoms with Crippen LogP contribution in [-0.4, -0.2) is 43.4 Å². The van der Waals surface area contributed by atoms with Crippen molar-refractivity contribution in [1.29, 1.82) is 0 Å². The molecule has 1 amide bonds. The predicted octanol–water partition coefficient (Wildman–Crippen LogP) is -0.0972. The molecule has 1 aliphatic heterocycles. The summed E-state index contributed by atoms with van der Waals surface area (Å²) in [6.07, 6.45) is 0.132. The van der Waals surface area contributed by atoms with Crippen LogP contribution < -0.4 is 5.32 Å². The highest BCUT2D eigenvalue weighted by molar-refractivity contribution is 7.89. The summed E-state index contributed by atoms with van der Waals surface area (Å²) in [4.78, 5) is 11.1. The summed E-state index contributed by atoms with van der Waals surface area (Å²) < 4.78 is 25.8. The highest BCUT2D eigenvalue weighted by atomic mass is 32.2. The summed E-state index contributed by atoms with van der Waals surface area (Å²) >= 11 is 0. The number of carbonyl (C=O) groups is 1.